The lowest BCUT2D eigenvalue weighted by Crippen LogP contribution is -2.16. The summed E-state index contributed by atoms with van der Waals surface area (Å²) in [5.74, 6) is 1.64. The van der Waals surface area contributed by atoms with Gasteiger partial charge in [-0.25, -0.2) is 9.89 Å². The van der Waals surface area contributed by atoms with Crippen molar-refractivity contribution >= 4 is 23.1 Å². The highest BCUT2D eigenvalue weighted by molar-refractivity contribution is 7.98. The Morgan fingerprint density at radius 1 is 1.52 bits per heavy atom. The van der Waals surface area contributed by atoms with Gasteiger partial charge in [-0.15, -0.1) is 5.10 Å². The Morgan fingerprint density at radius 3 is 3.19 bits per heavy atom. The zero-order chi connectivity index (χ0) is 14.2. The van der Waals surface area contributed by atoms with Gasteiger partial charge in [0.25, 0.3) is 5.89 Å². The van der Waals surface area contributed by atoms with Gasteiger partial charge in [-0.05, 0) is 24.3 Å². The number of aromatic nitrogens is 5. The largest absolute Gasteiger partial charge is 0.344 e. The minimum Gasteiger partial charge on any atom is -0.334 e. The van der Waals surface area contributed by atoms with Crippen LogP contribution in [0.4, 0.5) is 0 Å². The molecular weight excluding hydrogens is 310 g/mol. The van der Waals surface area contributed by atoms with Gasteiger partial charge in [-0.3, -0.25) is 4.57 Å². The van der Waals surface area contributed by atoms with Crippen LogP contribution in [-0.2, 0) is 5.75 Å². The molecule has 0 spiro atoms. The lowest BCUT2D eigenvalue weighted by molar-refractivity contribution is 0.425. The van der Waals surface area contributed by atoms with Gasteiger partial charge in [-0.1, -0.05) is 16.9 Å². The van der Waals surface area contributed by atoms with Crippen molar-refractivity contribution in [2.24, 2.45) is 0 Å². The Bertz CT molecular complexity index is 800. The molecule has 3 heterocycles. The molecule has 0 atom stereocenters. The van der Waals surface area contributed by atoms with E-state index in [2.05, 4.69) is 20.3 Å². The second-order valence-corrected chi connectivity index (χ2v) is 6.45. The Hall–Kier alpha value is -1.87. The number of nitrogens with zero attached hydrogens (tertiary/aromatic N) is 4. The molecule has 21 heavy (non-hydrogen) atoms. The highest BCUT2D eigenvalue weighted by Crippen LogP contribution is 2.36. The first-order chi connectivity index (χ1) is 10.3. The summed E-state index contributed by atoms with van der Waals surface area (Å²) in [6.45, 7) is 0. The van der Waals surface area contributed by atoms with E-state index in [-0.39, 0.29) is 5.69 Å². The predicted octanol–water partition coefficient (Wildman–Crippen LogP) is 2.31. The molecule has 0 unspecified atom stereocenters. The summed E-state index contributed by atoms with van der Waals surface area (Å²) < 4.78 is 6.94. The molecule has 9 heteroatoms. The third-order valence-electron chi connectivity index (χ3n) is 3.15. The number of hydrogen-bond acceptors (Lipinski definition) is 7. The van der Waals surface area contributed by atoms with Gasteiger partial charge in [0, 0.05) is 11.4 Å². The number of hydrogen-bond donors (Lipinski definition) is 1. The first-order valence-corrected chi connectivity index (χ1v) is 8.39. The second-order valence-electron chi connectivity index (χ2n) is 4.73. The summed E-state index contributed by atoms with van der Waals surface area (Å²) in [6.07, 6.45) is 2.08. The van der Waals surface area contributed by atoms with Crippen LogP contribution in [0.2, 0.25) is 0 Å². The Balaban J connectivity index is 1.49. The predicted molar refractivity (Wildman–Crippen MR) is 78.3 cm³/mol. The molecule has 0 radical (unpaired) electrons. The van der Waals surface area contributed by atoms with Gasteiger partial charge in [0.15, 0.2) is 11.0 Å². The monoisotopic (exact) mass is 321 g/mol. The van der Waals surface area contributed by atoms with Crippen LogP contribution in [0.5, 0.6) is 0 Å². The zero-order valence-electron chi connectivity index (χ0n) is 10.9. The molecule has 108 valence electrons. The van der Waals surface area contributed by atoms with E-state index < -0.39 is 0 Å². The molecule has 1 aliphatic carbocycles. The second kappa shape index (κ2) is 5.15. The third-order valence-corrected chi connectivity index (χ3v) is 4.78. The molecule has 1 fully saturated rings. The summed E-state index contributed by atoms with van der Waals surface area (Å²) in [5.41, 5.74) is 0.783. The van der Waals surface area contributed by atoms with Gasteiger partial charge in [0.1, 0.15) is 0 Å². The number of thioether (sulfide) groups is 1. The van der Waals surface area contributed by atoms with Gasteiger partial charge in [-0.2, -0.15) is 16.3 Å². The average Bonchev–Trinajstić information content (AvgIpc) is 2.94. The number of nitrogens with one attached hydrogen (secondary N) is 1. The zero-order valence-corrected chi connectivity index (χ0v) is 12.5. The molecule has 1 saturated carbocycles. The van der Waals surface area contributed by atoms with Crippen LogP contribution in [0.1, 0.15) is 24.7 Å². The summed E-state index contributed by atoms with van der Waals surface area (Å²) in [6, 6.07) is 2.23. The van der Waals surface area contributed by atoms with E-state index in [0.717, 1.165) is 18.4 Å². The highest BCUT2D eigenvalue weighted by atomic mass is 32.2. The number of rotatable bonds is 5. The van der Waals surface area contributed by atoms with E-state index >= 15 is 0 Å². The SMILES string of the molecule is O=c1[nH]nc(SCc2noc(-c3ccsc3)n2)n1C1CC1. The van der Waals surface area contributed by atoms with Gasteiger partial charge in [0.05, 0.1) is 11.3 Å². The van der Waals surface area contributed by atoms with Crippen LogP contribution < -0.4 is 5.69 Å². The van der Waals surface area contributed by atoms with Crippen LogP contribution >= 0.6 is 23.1 Å². The van der Waals surface area contributed by atoms with E-state index in [1.54, 1.807) is 15.9 Å². The van der Waals surface area contributed by atoms with Crippen molar-refractivity contribution < 1.29 is 4.52 Å². The molecule has 3 aromatic heterocycles. The normalized spacial score (nSPS) is 14.7. The fourth-order valence-electron chi connectivity index (χ4n) is 1.99. The standard InChI is InChI=1S/C12H11N5O2S2/c18-11-14-15-12(17(11)8-1-2-8)21-6-9-13-10(19-16-9)7-3-4-20-5-7/h3-5,8H,1-2,6H2,(H,14,18). The van der Waals surface area contributed by atoms with Crippen molar-refractivity contribution in [3.8, 4) is 11.5 Å². The van der Waals surface area contributed by atoms with Crippen molar-refractivity contribution in [2.75, 3.05) is 0 Å². The number of thiophene rings is 1. The van der Waals surface area contributed by atoms with Gasteiger partial charge in [0.2, 0.25) is 0 Å². The van der Waals surface area contributed by atoms with Crippen molar-refractivity contribution in [2.45, 2.75) is 29.8 Å². The van der Waals surface area contributed by atoms with Crippen LogP contribution in [0.15, 0.2) is 31.3 Å². The molecule has 0 aliphatic heterocycles. The number of H-pyrrole nitrogens is 1. The summed E-state index contributed by atoms with van der Waals surface area (Å²) in [4.78, 5) is 16.0. The minimum absolute atomic E-state index is 0.146. The summed E-state index contributed by atoms with van der Waals surface area (Å²) in [7, 11) is 0. The molecule has 4 rings (SSSR count). The van der Waals surface area contributed by atoms with Crippen LogP contribution in [-0.4, -0.2) is 24.9 Å². The Morgan fingerprint density at radius 2 is 2.43 bits per heavy atom. The summed E-state index contributed by atoms with van der Waals surface area (Å²) in [5, 5.41) is 15.1. The summed E-state index contributed by atoms with van der Waals surface area (Å²) >= 11 is 3.02. The van der Waals surface area contributed by atoms with Crippen LogP contribution in [0.3, 0.4) is 0 Å². The molecule has 0 bridgehead atoms. The van der Waals surface area contributed by atoms with E-state index in [0.29, 0.717) is 28.7 Å². The minimum atomic E-state index is -0.146. The lowest BCUT2D eigenvalue weighted by Gasteiger charge is -2.00. The van der Waals surface area contributed by atoms with E-state index in [9.17, 15) is 4.79 Å². The maximum atomic E-state index is 11.7. The topological polar surface area (TPSA) is 89.6 Å². The maximum absolute atomic E-state index is 11.7. The first kappa shape index (κ1) is 12.8. The maximum Gasteiger partial charge on any atom is 0.344 e. The molecule has 7 nitrogen and oxygen atoms in total. The van der Waals surface area contributed by atoms with E-state index in [1.807, 2.05) is 16.8 Å². The lowest BCUT2D eigenvalue weighted by atomic mass is 10.3. The average molecular weight is 321 g/mol. The van der Waals surface area contributed by atoms with E-state index in [4.69, 9.17) is 4.52 Å². The smallest absolute Gasteiger partial charge is 0.334 e. The Labute approximate surface area is 127 Å². The molecule has 1 aliphatic rings. The number of aromatic amines is 1. The molecule has 0 saturated heterocycles. The fraction of sp³-hybridized carbons (Fsp3) is 0.333. The molecule has 3 aromatic rings. The van der Waals surface area contributed by atoms with Crippen LogP contribution in [0, 0.1) is 0 Å². The van der Waals surface area contributed by atoms with Crippen LogP contribution in [0.25, 0.3) is 11.5 Å². The van der Waals surface area contributed by atoms with Crippen molar-refractivity contribution in [1.82, 2.24) is 24.9 Å². The fourth-order valence-corrected chi connectivity index (χ4v) is 3.48. The Kier molecular flexibility index (Phi) is 3.15. The van der Waals surface area contributed by atoms with Crippen molar-refractivity contribution in [1.29, 1.82) is 0 Å². The molecular formula is C12H11N5O2S2. The first-order valence-electron chi connectivity index (χ1n) is 6.46. The quantitative estimate of drug-likeness (QED) is 0.725. The molecule has 1 N–H and O–H groups in total. The molecule has 0 amide bonds. The molecule has 0 aromatic carbocycles. The highest BCUT2D eigenvalue weighted by Gasteiger charge is 2.28. The van der Waals surface area contributed by atoms with E-state index in [1.165, 1.54) is 11.8 Å². The van der Waals surface area contributed by atoms with Gasteiger partial charge >= 0.3 is 5.69 Å². The third kappa shape index (κ3) is 2.54. The van der Waals surface area contributed by atoms with Crippen molar-refractivity contribution in [3.05, 3.63) is 33.1 Å². The van der Waals surface area contributed by atoms with Gasteiger partial charge < -0.3 is 4.52 Å². The van der Waals surface area contributed by atoms with Crippen molar-refractivity contribution in [3.63, 3.8) is 0 Å².